The van der Waals surface area contributed by atoms with Gasteiger partial charge >= 0.3 is 0 Å². The van der Waals surface area contributed by atoms with E-state index in [0.717, 1.165) is 0 Å². The van der Waals surface area contributed by atoms with E-state index in [1.807, 2.05) is 6.07 Å². The maximum Gasteiger partial charge on any atom is 0.164 e. The lowest BCUT2D eigenvalue weighted by Gasteiger charge is -2.17. The van der Waals surface area contributed by atoms with Gasteiger partial charge in [-0.15, -0.1) is 0 Å². The molecule has 0 bridgehead atoms. The van der Waals surface area contributed by atoms with Gasteiger partial charge in [0.25, 0.3) is 0 Å². The van der Waals surface area contributed by atoms with E-state index in [4.69, 9.17) is 20.8 Å². The highest BCUT2D eigenvalue weighted by molar-refractivity contribution is 5.91. The van der Waals surface area contributed by atoms with E-state index in [1.54, 1.807) is 0 Å². The minimum absolute atomic E-state index is 0.141. The summed E-state index contributed by atoms with van der Waals surface area (Å²) in [6.45, 7) is -0.434. The molecular formula is C12H13N5O4. The zero-order valence-corrected chi connectivity index (χ0v) is 10.8. The van der Waals surface area contributed by atoms with Crippen molar-refractivity contribution in [3.05, 3.63) is 18.1 Å². The molecule has 0 spiro atoms. The Morgan fingerprint density at radius 2 is 2.14 bits per heavy atom. The van der Waals surface area contributed by atoms with Gasteiger partial charge in [0.15, 0.2) is 6.23 Å². The summed E-state index contributed by atoms with van der Waals surface area (Å²) < 4.78 is 6.84. The van der Waals surface area contributed by atoms with Crippen LogP contribution in [0.4, 0.5) is 5.82 Å². The van der Waals surface area contributed by atoms with Crippen LogP contribution >= 0.6 is 0 Å². The van der Waals surface area contributed by atoms with E-state index in [1.165, 1.54) is 17.1 Å². The van der Waals surface area contributed by atoms with Crippen LogP contribution in [-0.4, -0.2) is 54.8 Å². The van der Waals surface area contributed by atoms with Crippen LogP contribution in [0, 0.1) is 11.3 Å². The van der Waals surface area contributed by atoms with Gasteiger partial charge in [0, 0.05) is 6.20 Å². The first-order valence-corrected chi connectivity index (χ1v) is 6.22. The van der Waals surface area contributed by atoms with E-state index >= 15 is 0 Å². The lowest BCUT2D eigenvalue weighted by atomic mass is 10.1. The number of hydrogen-bond acceptors (Lipinski definition) is 8. The van der Waals surface area contributed by atoms with Crippen LogP contribution in [0.5, 0.6) is 0 Å². The van der Waals surface area contributed by atoms with Crippen molar-refractivity contribution in [2.45, 2.75) is 24.5 Å². The second-order valence-electron chi connectivity index (χ2n) is 4.75. The summed E-state index contributed by atoms with van der Waals surface area (Å²) >= 11 is 0. The van der Waals surface area contributed by atoms with Crippen molar-refractivity contribution in [2.75, 3.05) is 12.3 Å². The predicted molar refractivity (Wildman–Crippen MR) is 69.7 cm³/mol. The fourth-order valence-electron chi connectivity index (χ4n) is 2.50. The SMILES string of the molecule is [15N]#Cc1c[15n]([C@@H]2O[C@H](CO)[C@@H](O)[C@H]2O)c2[15n]c[15n]c([15NH2])c12. The van der Waals surface area contributed by atoms with E-state index in [9.17, 15) is 10.2 Å². The maximum absolute atomic E-state index is 10.1. The summed E-state index contributed by atoms with van der Waals surface area (Å²) in [5, 5.41) is 38.5. The van der Waals surface area contributed by atoms with Gasteiger partial charge in [-0.3, -0.25) is 0 Å². The lowest BCUT2D eigenvalue weighted by molar-refractivity contribution is -0.0508. The van der Waals surface area contributed by atoms with Gasteiger partial charge in [0.2, 0.25) is 0 Å². The van der Waals surface area contributed by atoms with Crippen molar-refractivity contribution in [3.63, 3.8) is 0 Å². The molecule has 110 valence electrons. The van der Waals surface area contributed by atoms with Crippen molar-refractivity contribution >= 4 is 16.9 Å². The predicted octanol–water partition coefficient (Wildman–Crippen LogP) is -1.50. The first kappa shape index (κ1) is 13.7. The zero-order chi connectivity index (χ0) is 15.1. The molecule has 5 N–H and O–H groups in total. The van der Waals surface area contributed by atoms with Crippen LogP contribution < -0.4 is 5.73 Å². The minimum atomic E-state index is -1.26. The first-order valence-electron chi connectivity index (χ1n) is 6.22. The van der Waals surface area contributed by atoms with E-state index in [0.29, 0.717) is 11.0 Å². The number of fused-ring (bicyclic) bond motifs is 1. The van der Waals surface area contributed by atoms with Crippen molar-refractivity contribution in [1.29, 1.82) is 5.26 Å². The molecule has 21 heavy (non-hydrogen) atoms. The maximum atomic E-state index is 10.1. The number of aromatic nitrogens is 3. The Balaban J connectivity index is 2.14. The fourth-order valence-corrected chi connectivity index (χ4v) is 2.50. The number of rotatable bonds is 2. The molecule has 2 aromatic heterocycles. The number of nitriles is 1. The average Bonchev–Trinajstić information content (AvgIpc) is 2.99. The third-order valence-electron chi connectivity index (χ3n) is 3.55. The molecule has 0 aromatic carbocycles. The molecule has 9 nitrogen and oxygen atoms in total. The highest BCUT2D eigenvalue weighted by Gasteiger charge is 2.44. The molecule has 1 fully saturated rings. The number of hydrogen-bond donors (Lipinski definition) is 4. The summed E-state index contributed by atoms with van der Waals surface area (Å²) in [4.78, 5) is 7.88. The van der Waals surface area contributed by atoms with Crippen LogP contribution in [0.25, 0.3) is 11.0 Å². The Bertz CT molecular complexity index is 724. The largest absolute Gasteiger partial charge is 0.394 e. The number of ether oxygens (including phenoxy) is 1. The molecule has 0 radical (unpaired) electrons. The minimum Gasteiger partial charge on any atom is -0.394 e. The van der Waals surface area contributed by atoms with Gasteiger partial charge in [-0.05, 0) is 0 Å². The Morgan fingerprint density at radius 3 is 2.76 bits per heavy atom. The zero-order valence-electron chi connectivity index (χ0n) is 10.8. The summed E-state index contributed by atoms with van der Waals surface area (Å²) in [5.74, 6) is 0.141. The highest BCUT2D eigenvalue weighted by Crippen LogP contribution is 2.34. The topological polar surface area (TPSA) is 150 Å². The van der Waals surface area contributed by atoms with Gasteiger partial charge in [0.1, 0.15) is 42.2 Å². The molecular weight excluding hydrogens is 283 g/mol. The Morgan fingerprint density at radius 1 is 1.38 bits per heavy atom. The second-order valence-corrected chi connectivity index (χ2v) is 4.75. The van der Waals surface area contributed by atoms with Crippen LogP contribution in [0.1, 0.15) is 11.8 Å². The number of aliphatic hydroxyl groups excluding tert-OH is 3. The third-order valence-corrected chi connectivity index (χ3v) is 3.55. The van der Waals surface area contributed by atoms with Crippen LogP contribution in [0.2, 0.25) is 0 Å². The number of nitrogens with zero attached hydrogens (tertiary/aromatic N) is 4. The van der Waals surface area contributed by atoms with Crippen molar-refractivity contribution in [1.82, 2.24) is 14.5 Å². The molecule has 3 heterocycles. The molecule has 0 amide bonds. The quantitative estimate of drug-likeness (QED) is 0.489. The van der Waals surface area contributed by atoms with E-state index in [-0.39, 0.29) is 11.4 Å². The number of nitrogen functional groups attached to an aromatic ring is 1. The molecule has 1 aliphatic rings. The summed E-state index contributed by atoms with van der Waals surface area (Å²) in [7, 11) is 0. The average molecular weight is 296 g/mol. The Labute approximate surface area is 118 Å². The second kappa shape index (κ2) is 4.94. The first-order chi connectivity index (χ1) is 10.1. The van der Waals surface area contributed by atoms with Gasteiger partial charge in [-0.1, -0.05) is 0 Å². The van der Waals surface area contributed by atoms with Crippen molar-refractivity contribution < 1.29 is 20.1 Å². The molecule has 0 aliphatic carbocycles. The van der Waals surface area contributed by atoms with Crippen LogP contribution in [0.3, 0.4) is 0 Å². The molecule has 1 aliphatic heterocycles. The number of aliphatic hydroxyl groups is 3. The van der Waals surface area contributed by atoms with E-state index in [2.05, 4.69) is 9.97 Å². The molecule has 0 saturated carbocycles. The molecule has 9 heteroatoms. The Hall–Kier alpha value is -2.25. The van der Waals surface area contributed by atoms with Gasteiger partial charge < -0.3 is 30.4 Å². The smallest absolute Gasteiger partial charge is 0.164 e. The standard InChI is InChI=1S/C12H13N5O4/c13-1-5-2-17(11-7(5)10(14)15-4-16-11)12-9(20)8(19)6(3-18)21-12/h2,4,6,8-9,12,18-20H,3H2,(H2,14,15,16)/t6-,8-,9-,12-/m1/s1/i13+1,14+1,15+1,16+1,17+1. The van der Waals surface area contributed by atoms with Crippen molar-refractivity contribution in [2.24, 2.45) is 0 Å². The summed E-state index contributed by atoms with van der Waals surface area (Å²) in [5.41, 5.74) is 6.30. The highest BCUT2D eigenvalue weighted by atomic mass is 16.6. The Kier molecular flexibility index (Phi) is 3.23. The molecule has 0 unspecified atom stereocenters. The van der Waals surface area contributed by atoms with Crippen molar-refractivity contribution in [3.8, 4) is 6.07 Å². The molecule has 1 saturated heterocycles. The molecule has 3 rings (SSSR count). The van der Waals surface area contributed by atoms with Crippen LogP contribution in [0.15, 0.2) is 12.5 Å². The molecule has 4 atom stereocenters. The number of nitrogens with two attached hydrogens (primary N) is 1. The summed E-state index contributed by atoms with van der Waals surface area (Å²) in [6.07, 6.45) is -1.72. The monoisotopic (exact) mass is 296 g/mol. The lowest BCUT2D eigenvalue weighted by Crippen LogP contribution is -2.33. The van der Waals surface area contributed by atoms with Gasteiger partial charge in [-0.2, -0.15) is 5.26 Å². The van der Waals surface area contributed by atoms with Gasteiger partial charge in [-0.25, -0.2) is 9.97 Å². The van der Waals surface area contributed by atoms with E-state index < -0.39 is 31.1 Å². The fraction of sp³-hybridized carbons (Fsp3) is 0.417. The number of anilines is 1. The summed E-state index contributed by atoms with van der Waals surface area (Å²) in [6, 6.07) is 1.98. The normalized spacial score (nSPS) is 28.9. The van der Waals surface area contributed by atoms with Gasteiger partial charge in [0.05, 0.1) is 17.6 Å². The molecule has 2 aromatic rings. The third kappa shape index (κ3) is 1.93. The van der Waals surface area contributed by atoms with Crippen LogP contribution in [-0.2, 0) is 4.74 Å².